The van der Waals surface area contributed by atoms with Crippen molar-refractivity contribution in [2.24, 2.45) is 5.92 Å². The zero-order chi connectivity index (χ0) is 21.3. The van der Waals surface area contributed by atoms with Crippen LogP contribution in [0.25, 0.3) is 21.9 Å². The average molecular weight is 431 g/mol. The van der Waals surface area contributed by atoms with Gasteiger partial charge in [-0.2, -0.15) is 0 Å². The van der Waals surface area contributed by atoms with Crippen LogP contribution in [-0.2, 0) is 10.0 Å². The van der Waals surface area contributed by atoms with E-state index in [0.717, 1.165) is 65.6 Å². The molecule has 1 heterocycles. The number of nitrogens with one attached hydrogen (secondary N) is 2. The molecular formula is C23H30N2O4S. The number of para-hydroxylation sites is 1. The molecule has 0 atom stereocenters. The molecule has 162 valence electrons. The first-order valence-corrected chi connectivity index (χ1v) is 12.2. The second-order valence-corrected chi connectivity index (χ2v) is 10.7. The lowest BCUT2D eigenvalue weighted by atomic mass is 9.86. The Morgan fingerprint density at radius 3 is 2.50 bits per heavy atom. The quantitative estimate of drug-likeness (QED) is 0.558. The van der Waals surface area contributed by atoms with Gasteiger partial charge in [0.25, 0.3) is 0 Å². The zero-order valence-electron chi connectivity index (χ0n) is 17.8. The molecule has 1 saturated carbocycles. The van der Waals surface area contributed by atoms with Crippen LogP contribution in [0.1, 0.15) is 39.5 Å². The number of sulfonamides is 1. The zero-order valence-corrected chi connectivity index (χ0v) is 18.6. The number of benzene rings is 2. The van der Waals surface area contributed by atoms with Gasteiger partial charge in [0, 0.05) is 18.0 Å². The van der Waals surface area contributed by atoms with E-state index < -0.39 is 15.3 Å². The number of hydrogen-bond acceptors (Lipinski definition) is 5. The Hall–Kier alpha value is -2.25. The second-order valence-electron chi connectivity index (χ2n) is 8.43. The maximum absolute atomic E-state index is 12.1. The van der Waals surface area contributed by atoms with Crippen molar-refractivity contribution in [3.63, 3.8) is 0 Å². The van der Waals surface area contributed by atoms with Crippen LogP contribution in [0.3, 0.4) is 0 Å². The summed E-state index contributed by atoms with van der Waals surface area (Å²) in [4.78, 5) is 0. The number of anilines is 1. The van der Waals surface area contributed by atoms with Crippen LogP contribution in [0.5, 0.6) is 5.75 Å². The van der Waals surface area contributed by atoms with Crippen molar-refractivity contribution in [2.75, 3.05) is 19.0 Å². The minimum atomic E-state index is -3.20. The molecule has 6 nitrogen and oxygen atoms in total. The van der Waals surface area contributed by atoms with Crippen LogP contribution >= 0.6 is 0 Å². The summed E-state index contributed by atoms with van der Waals surface area (Å²) in [6, 6.07) is 12.0. The molecule has 0 aliphatic heterocycles. The second kappa shape index (κ2) is 8.47. The highest BCUT2D eigenvalue weighted by molar-refractivity contribution is 7.90. The molecule has 0 bridgehead atoms. The highest BCUT2D eigenvalue weighted by atomic mass is 32.2. The monoisotopic (exact) mass is 430 g/mol. The Bertz CT molecular complexity index is 1130. The van der Waals surface area contributed by atoms with Crippen LogP contribution < -0.4 is 14.8 Å². The molecule has 30 heavy (non-hydrogen) atoms. The molecule has 1 aliphatic carbocycles. The Labute approximate surface area is 178 Å². The predicted octanol–water partition coefficient (Wildman–Crippen LogP) is 4.89. The molecule has 0 saturated heterocycles. The minimum Gasteiger partial charge on any atom is -0.494 e. The van der Waals surface area contributed by atoms with E-state index in [1.54, 1.807) is 21.0 Å². The Morgan fingerprint density at radius 1 is 1.07 bits per heavy atom. The number of fused-ring (bicyclic) bond motifs is 3. The largest absolute Gasteiger partial charge is 0.494 e. The molecule has 2 aromatic carbocycles. The first kappa shape index (κ1) is 21.0. The minimum absolute atomic E-state index is 0.0526. The van der Waals surface area contributed by atoms with Crippen LogP contribution in [0.2, 0.25) is 0 Å². The van der Waals surface area contributed by atoms with Crippen molar-refractivity contribution >= 4 is 37.6 Å². The summed E-state index contributed by atoms with van der Waals surface area (Å²) in [5, 5.41) is 5.20. The van der Waals surface area contributed by atoms with Crippen LogP contribution in [0.4, 0.5) is 5.69 Å². The van der Waals surface area contributed by atoms with E-state index in [2.05, 4.69) is 10.0 Å². The van der Waals surface area contributed by atoms with E-state index in [4.69, 9.17) is 9.15 Å². The molecular weight excluding hydrogens is 400 g/mol. The van der Waals surface area contributed by atoms with Gasteiger partial charge < -0.3 is 14.5 Å². The summed E-state index contributed by atoms with van der Waals surface area (Å²) in [7, 11) is -1.52. The maximum Gasteiger partial charge on any atom is 0.214 e. The van der Waals surface area contributed by atoms with Crippen molar-refractivity contribution in [1.82, 2.24) is 4.72 Å². The smallest absolute Gasteiger partial charge is 0.214 e. The summed E-state index contributed by atoms with van der Waals surface area (Å²) >= 11 is 0. The van der Waals surface area contributed by atoms with Gasteiger partial charge in [0.2, 0.25) is 10.0 Å². The molecule has 3 aromatic rings. The fraction of sp³-hybridized carbons (Fsp3) is 0.478. The van der Waals surface area contributed by atoms with Crippen molar-refractivity contribution in [3.8, 4) is 5.75 Å². The summed E-state index contributed by atoms with van der Waals surface area (Å²) in [5.74, 6) is 1.31. The summed E-state index contributed by atoms with van der Waals surface area (Å²) < 4.78 is 38.8. The van der Waals surface area contributed by atoms with E-state index in [1.807, 2.05) is 36.4 Å². The standard InChI is InChI=1S/C23H30N2O4S/c1-15(2)30(26,27)25-17-10-8-16(9-11-17)14-24-19-12-13-21-22(23(19)28-3)18-6-4-5-7-20(18)29-21/h4-7,12-13,15-17,24-25H,8-11,14H2,1-3H3. The lowest BCUT2D eigenvalue weighted by Crippen LogP contribution is -2.41. The van der Waals surface area contributed by atoms with Gasteiger partial charge in [0.1, 0.15) is 11.2 Å². The lowest BCUT2D eigenvalue weighted by molar-refractivity contribution is 0.323. The van der Waals surface area contributed by atoms with Crippen LogP contribution in [0.15, 0.2) is 40.8 Å². The van der Waals surface area contributed by atoms with Crippen LogP contribution in [0, 0.1) is 5.92 Å². The van der Waals surface area contributed by atoms with Gasteiger partial charge in [0.05, 0.1) is 23.4 Å². The van der Waals surface area contributed by atoms with E-state index in [9.17, 15) is 8.42 Å². The van der Waals surface area contributed by atoms with E-state index >= 15 is 0 Å². The average Bonchev–Trinajstić information content (AvgIpc) is 3.11. The Kier molecular flexibility index (Phi) is 5.93. The third-order valence-corrected chi connectivity index (χ3v) is 7.98. The van der Waals surface area contributed by atoms with Gasteiger partial charge in [-0.05, 0) is 63.6 Å². The van der Waals surface area contributed by atoms with Gasteiger partial charge in [-0.1, -0.05) is 18.2 Å². The number of ether oxygens (including phenoxy) is 1. The molecule has 1 aliphatic rings. The first-order chi connectivity index (χ1) is 14.4. The third-order valence-electron chi connectivity index (χ3n) is 6.08. The molecule has 0 unspecified atom stereocenters. The Morgan fingerprint density at radius 2 is 1.80 bits per heavy atom. The normalized spacial score (nSPS) is 20.1. The molecule has 0 spiro atoms. The molecule has 7 heteroatoms. The lowest BCUT2D eigenvalue weighted by Gasteiger charge is -2.30. The fourth-order valence-corrected chi connectivity index (χ4v) is 5.22. The van der Waals surface area contributed by atoms with E-state index in [0.29, 0.717) is 5.92 Å². The van der Waals surface area contributed by atoms with E-state index in [-0.39, 0.29) is 6.04 Å². The number of rotatable bonds is 7. The van der Waals surface area contributed by atoms with E-state index in [1.165, 1.54) is 0 Å². The summed E-state index contributed by atoms with van der Waals surface area (Å²) in [5.41, 5.74) is 2.63. The molecule has 2 N–H and O–H groups in total. The highest BCUT2D eigenvalue weighted by Gasteiger charge is 2.26. The van der Waals surface area contributed by atoms with Gasteiger partial charge in [0.15, 0.2) is 5.75 Å². The molecule has 4 rings (SSSR count). The molecule has 0 amide bonds. The van der Waals surface area contributed by atoms with Gasteiger partial charge in [-0.3, -0.25) is 0 Å². The van der Waals surface area contributed by atoms with Crippen molar-refractivity contribution < 1.29 is 17.6 Å². The molecule has 0 radical (unpaired) electrons. The number of furan rings is 1. The SMILES string of the molecule is COc1c(NCC2CCC(NS(=O)(=O)C(C)C)CC2)ccc2oc3ccccc3c12. The van der Waals surface area contributed by atoms with Gasteiger partial charge in [-0.15, -0.1) is 0 Å². The number of hydrogen-bond donors (Lipinski definition) is 2. The predicted molar refractivity (Wildman–Crippen MR) is 122 cm³/mol. The van der Waals surface area contributed by atoms with Crippen molar-refractivity contribution in [1.29, 1.82) is 0 Å². The summed E-state index contributed by atoms with van der Waals surface area (Å²) in [6.07, 6.45) is 3.75. The first-order valence-electron chi connectivity index (χ1n) is 10.6. The van der Waals surface area contributed by atoms with Crippen LogP contribution in [-0.4, -0.2) is 33.4 Å². The molecule has 1 aromatic heterocycles. The summed E-state index contributed by atoms with van der Waals surface area (Å²) in [6.45, 7) is 4.26. The van der Waals surface area contributed by atoms with Crippen molar-refractivity contribution in [2.45, 2.75) is 50.8 Å². The topological polar surface area (TPSA) is 80.6 Å². The Balaban J connectivity index is 1.43. The van der Waals surface area contributed by atoms with Gasteiger partial charge in [-0.25, -0.2) is 13.1 Å². The van der Waals surface area contributed by atoms with Crippen molar-refractivity contribution in [3.05, 3.63) is 36.4 Å². The highest BCUT2D eigenvalue weighted by Crippen LogP contribution is 2.40. The number of methoxy groups -OCH3 is 1. The third kappa shape index (κ3) is 4.14. The fourth-order valence-electron chi connectivity index (χ4n) is 4.24. The van der Waals surface area contributed by atoms with Gasteiger partial charge >= 0.3 is 0 Å². The maximum atomic E-state index is 12.1. The molecule has 1 fully saturated rings.